The predicted octanol–water partition coefficient (Wildman–Crippen LogP) is 1.69. The maximum atomic E-state index is 12.2. The third kappa shape index (κ3) is 3.56. The summed E-state index contributed by atoms with van der Waals surface area (Å²) in [6, 6.07) is 4.89. The second-order valence-corrected chi connectivity index (χ2v) is 7.79. The van der Waals surface area contributed by atoms with E-state index < -0.39 is 16.1 Å². The van der Waals surface area contributed by atoms with E-state index in [4.69, 9.17) is 11.6 Å². The lowest BCUT2D eigenvalue weighted by Gasteiger charge is -2.30. The van der Waals surface area contributed by atoms with Crippen LogP contribution in [0.1, 0.15) is 24.0 Å². The number of carbonyl (C=O) groups excluding carboxylic acids is 1. The molecule has 1 amide bonds. The van der Waals surface area contributed by atoms with Gasteiger partial charge in [-0.15, -0.1) is 0 Å². The number of hydrogen-bond acceptors (Lipinski definition) is 3. The highest BCUT2D eigenvalue weighted by Gasteiger charge is 2.35. The number of halogens is 1. The monoisotopic (exact) mass is 330 g/mol. The average Bonchev–Trinajstić information content (AvgIpc) is 2.43. The molecule has 1 atom stereocenters. The lowest BCUT2D eigenvalue weighted by molar-refractivity contribution is -0.125. The molecule has 1 aliphatic heterocycles. The van der Waals surface area contributed by atoms with Gasteiger partial charge in [0.05, 0.1) is 5.75 Å². The summed E-state index contributed by atoms with van der Waals surface area (Å²) >= 11 is 6.04. The first-order chi connectivity index (χ1) is 9.83. The summed E-state index contributed by atoms with van der Waals surface area (Å²) in [6.45, 7) is 2.23. The van der Waals surface area contributed by atoms with Crippen LogP contribution in [0.2, 0.25) is 5.02 Å². The first-order valence-electron chi connectivity index (χ1n) is 6.80. The molecule has 1 unspecified atom stereocenters. The number of sulfonamides is 1. The molecule has 1 aliphatic rings. The van der Waals surface area contributed by atoms with E-state index in [0.29, 0.717) is 24.4 Å². The standard InChI is InChI=1S/C14H19ClN2O3S/c1-10-11(5-3-6-12(10)15)9-16-14(18)13-7-4-8-21(19,20)17(13)2/h3,5-6,13H,4,7-9H2,1-2H3,(H,16,18). The van der Waals surface area contributed by atoms with Gasteiger partial charge in [0.15, 0.2) is 0 Å². The molecule has 21 heavy (non-hydrogen) atoms. The molecule has 7 heteroatoms. The van der Waals surface area contributed by atoms with Gasteiger partial charge in [-0.25, -0.2) is 8.42 Å². The third-order valence-corrected chi connectivity index (χ3v) is 6.24. The Labute approximate surface area is 130 Å². The van der Waals surface area contributed by atoms with Crippen molar-refractivity contribution in [3.63, 3.8) is 0 Å². The number of benzene rings is 1. The van der Waals surface area contributed by atoms with Crippen molar-refractivity contribution in [3.05, 3.63) is 34.3 Å². The van der Waals surface area contributed by atoms with Gasteiger partial charge < -0.3 is 5.32 Å². The number of rotatable bonds is 3. The predicted molar refractivity (Wildman–Crippen MR) is 82.6 cm³/mol. The molecule has 0 bridgehead atoms. The van der Waals surface area contributed by atoms with Gasteiger partial charge >= 0.3 is 0 Å². The minimum Gasteiger partial charge on any atom is -0.351 e. The fraction of sp³-hybridized carbons (Fsp3) is 0.500. The van der Waals surface area contributed by atoms with Crippen molar-refractivity contribution in [2.75, 3.05) is 12.8 Å². The van der Waals surface area contributed by atoms with E-state index in [1.807, 2.05) is 19.1 Å². The Morgan fingerprint density at radius 3 is 2.90 bits per heavy atom. The second kappa shape index (κ2) is 6.34. The van der Waals surface area contributed by atoms with Crippen LogP contribution >= 0.6 is 11.6 Å². The minimum atomic E-state index is -3.30. The molecule has 1 heterocycles. The summed E-state index contributed by atoms with van der Waals surface area (Å²) in [4.78, 5) is 12.2. The van der Waals surface area contributed by atoms with Crippen molar-refractivity contribution in [1.29, 1.82) is 0 Å². The number of likely N-dealkylation sites (N-methyl/N-ethyl adjacent to an activating group) is 1. The molecule has 1 N–H and O–H groups in total. The van der Waals surface area contributed by atoms with E-state index in [-0.39, 0.29) is 11.7 Å². The Kier molecular flexibility index (Phi) is 4.91. The smallest absolute Gasteiger partial charge is 0.238 e. The number of nitrogens with zero attached hydrogens (tertiary/aromatic N) is 1. The molecule has 0 aromatic heterocycles. The first kappa shape index (κ1) is 16.3. The van der Waals surface area contributed by atoms with Crippen LogP contribution in [0.3, 0.4) is 0 Å². The van der Waals surface area contributed by atoms with Crippen LogP contribution in [-0.4, -0.2) is 37.5 Å². The zero-order chi connectivity index (χ0) is 15.6. The van der Waals surface area contributed by atoms with Crippen LogP contribution in [0.15, 0.2) is 18.2 Å². The van der Waals surface area contributed by atoms with Crippen molar-refractivity contribution >= 4 is 27.5 Å². The topological polar surface area (TPSA) is 66.5 Å². The molecular weight excluding hydrogens is 312 g/mol. The lowest BCUT2D eigenvalue weighted by atomic mass is 10.1. The van der Waals surface area contributed by atoms with Gasteiger partial charge in [-0.05, 0) is 37.0 Å². The highest BCUT2D eigenvalue weighted by atomic mass is 35.5. The van der Waals surface area contributed by atoms with Crippen molar-refractivity contribution in [2.24, 2.45) is 0 Å². The largest absolute Gasteiger partial charge is 0.351 e. The third-order valence-electron chi connectivity index (χ3n) is 3.89. The molecule has 0 spiro atoms. The molecule has 1 aromatic rings. The van der Waals surface area contributed by atoms with E-state index >= 15 is 0 Å². The molecule has 0 aliphatic carbocycles. The quantitative estimate of drug-likeness (QED) is 0.917. The van der Waals surface area contributed by atoms with Gasteiger partial charge in [-0.3, -0.25) is 4.79 Å². The maximum Gasteiger partial charge on any atom is 0.238 e. The number of carbonyl (C=O) groups is 1. The van der Waals surface area contributed by atoms with Gasteiger partial charge in [0, 0.05) is 18.6 Å². The number of nitrogens with one attached hydrogen (secondary N) is 1. The van der Waals surface area contributed by atoms with E-state index in [2.05, 4.69) is 5.32 Å². The Morgan fingerprint density at radius 2 is 2.19 bits per heavy atom. The summed E-state index contributed by atoms with van der Waals surface area (Å²) in [5.41, 5.74) is 1.85. The van der Waals surface area contributed by atoms with Crippen molar-refractivity contribution in [3.8, 4) is 0 Å². The SMILES string of the molecule is Cc1c(Cl)cccc1CNC(=O)C1CCCS(=O)(=O)N1C. The normalized spacial score (nSPS) is 22.0. The zero-order valence-electron chi connectivity index (χ0n) is 12.1. The van der Waals surface area contributed by atoms with Gasteiger partial charge in [0.25, 0.3) is 0 Å². The van der Waals surface area contributed by atoms with Gasteiger partial charge in [0.2, 0.25) is 15.9 Å². The van der Waals surface area contributed by atoms with Crippen molar-refractivity contribution in [1.82, 2.24) is 9.62 Å². The average molecular weight is 331 g/mol. The van der Waals surface area contributed by atoms with Crippen LogP contribution < -0.4 is 5.32 Å². The van der Waals surface area contributed by atoms with Crippen LogP contribution in [0.4, 0.5) is 0 Å². The molecule has 0 radical (unpaired) electrons. The van der Waals surface area contributed by atoms with Gasteiger partial charge in [0.1, 0.15) is 6.04 Å². The van der Waals surface area contributed by atoms with E-state index in [1.54, 1.807) is 6.07 Å². The summed E-state index contributed by atoms with van der Waals surface area (Å²) in [6.07, 6.45) is 1.07. The molecular formula is C14H19ClN2O3S. The van der Waals surface area contributed by atoms with Crippen LogP contribution in [0.5, 0.6) is 0 Å². The van der Waals surface area contributed by atoms with Crippen LogP contribution in [0.25, 0.3) is 0 Å². The highest BCUT2D eigenvalue weighted by molar-refractivity contribution is 7.89. The minimum absolute atomic E-state index is 0.112. The Morgan fingerprint density at radius 1 is 1.48 bits per heavy atom. The summed E-state index contributed by atoms with van der Waals surface area (Å²) < 4.78 is 24.8. The number of hydrogen-bond donors (Lipinski definition) is 1. The Hall–Kier alpha value is -1.11. The zero-order valence-corrected chi connectivity index (χ0v) is 13.7. The van der Waals surface area contributed by atoms with E-state index in [9.17, 15) is 13.2 Å². The van der Waals surface area contributed by atoms with Crippen molar-refractivity contribution in [2.45, 2.75) is 32.4 Å². The van der Waals surface area contributed by atoms with Crippen molar-refractivity contribution < 1.29 is 13.2 Å². The lowest BCUT2D eigenvalue weighted by Crippen LogP contribution is -2.50. The first-order valence-corrected chi connectivity index (χ1v) is 8.79. The molecule has 2 rings (SSSR count). The number of amides is 1. The molecule has 0 saturated carbocycles. The highest BCUT2D eigenvalue weighted by Crippen LogP contribution is 2.20. The van der Waals surface area contributed by atoms with Crippen LogP contribution in [-0.2, 0) is 21.4 Å². The fourth-order valence-corrected chi connectivity index (χ4v) is 4.02. The summed E-state index contributed by atoms with van der Waals surface area (Å²) in [5.74, 6) is -0.152. The maximum absolute atomic E-state index is 12.2. The summed E-state index contributed by atoms with van der Waals surface area (Å²) in [5, 5.41) is 3.45. The fourth-order valence-electron chi connectivity index (χ4n) is 2.42. The van der Waals surface area contributed by atoms with E-state index in [0.717, 1.165) is 11.1 Å². The Balaban J connectivity index is 2.03. The van der Waals surface area contributed by atoms with Gasteiger partial charge in [-0.2, -0.15) is 4.31 Å². The second-order valence-electron chi connectivity index (χ2n) is 5.23. The Bertz CT molecular complexity index is 646. The molecule has 1 aromatic carbocycles. The van der Waals surface area contributed by atoms with Gasteiger partial charge in [-0.1, -0.05) is 23.7 Å². The van der Waals surface area contributed by atoms with E-state index in [1.165, 1.54) is 11.4 Å². The molecule has 1 fully saturated rings. The summed E-state index contributed by atoms with van der Waals surface area (Å²) in [7, 11) is -1.84. The molecule has 116 valence electrons. The van der Waals surface area contributed by atoms with Crippen LogP contribution in [0, 0.1) is 6.92 Å². The molecule has 5 nitrogen and oxygen atoms in total. The molecule has 1 saturated heterocycles.